The summed E-state index contributed by atoms with van der Waals surface area (Å²) in [5.74, 6) is 0. The minimum atomic E-state index is -3.65. The van der Waals surface area contributed by atoms with Crippen LogP contribution in [0.3, 0.4) is 0 Å². The Morgan fingerprint density at radius 3 is 2.31 bits per heavy atom. The zero-order valence-corrected chi connectivity index (χ0v) is 22.3. The normalized spacial score (nSPS) is 15.1. The fourth-order valence-electron chi connectivity index (χ4n) is 4.33. The summed E-state index contributed by atoms with van der Waals surface area (Å²) < 4.78 is 39.3. The van der Waals surface area contributed by atoms with E-state index in [1.54, 1.807) is 32.4 Å². The number of hydrogen-bond donors (Lipinski definition) is 3. The Morgan fingerprint density at radius 2 is 1.67 bits per heavy atom. The van der Waals surface area contributed by atoms with Crippen LogP contribution in [0.4, 0.5) is 10.5 Å². The highest BCUT2D eigenvalue weighted by atomic mass is 32.2. The second kappa shape index (κ2) is 13.1. The molecule has 11 heteroatoms. The summed E-state index contributed by atoms with van der Waals surface area (Å²) in [5, 5.41) is 5.71. The van der Waals surface area contributed by atoms with Crippen LogP contribution in [0.2, 0.25) is 0 Å². The van der Waals surface area contributed by atoms with Gasteiger partial charge < -0.3 is 25.0 Å². The molecule has 0 bridgehead atoms. The molecule has 1 aliphatic rings. The summed E-state index contributed by atoms with van der Waals surface area (Å²) in [6, 6.07) is 8.29. The monoisotopic (exact) mass is 519 g/mol. The number of sulfonamides is 1. The number of ether oxygens (including phenoxy) is 2. The number of nitrogens with zero attached hydrogens (tertiary/aromatic N) is 2. The third-order valence-corrected chi connectivity index (χ3v) is 7.57. The van der Waals surface area contributed by atoms with E-state index in [2.05, 4.69) is 25.2 Å². The van der Waals surface area contributed by atoms with Crippen molar-refractivity contribution in [2.75, 3.05) is 45.7 Å². The number of benzene rings is 1. The van der Waals surface area contributed by atoms with Gasteiger partial charge in [-0.3, -0.25) is 4.98 Å². The number of methoxy groups -OCH3 is 2. The third kappa shape index (κ3) is 8.24. The van der Waals surface area contributed by atoms with Crippen LogP contribution in [0.15, 0.2) is 35.2 Å². The van der Waals surface area contributed by atoms with Gasteiger partial charge in [-0.15, -0.1) is 0 Å². The number of rotatable bonds is 11. The number of piperidine rings is 1. The van der Waals surface area contributed by atoms with Crippen molar-refractivity contribution < 1.29 is 22.7 Å². The first-order valence-electron chi connectivity index (χ1n) is 12.0. The summed E-state index contributed by atoms with van der Waals surface area (Å²) >= 11 is 0. The van der Waals surface area contributed by atoms with E-state index >= 15 is 0 Å². The number of aromatic nitrogens is 1. The maximum atomic E-state index is 13.0. The van der Waals surface area contributed by atoms with Crippen molar-refractivity contribution in [2.24, 2.45) is 0 Å². The van der Waals surface area contributed by atoms with Gasteiger partial charge in [0.1, 0.15) is 0 Å². The van der Waals surface area contributed by atoms with Crippen LogP contribution in [0, 0.1) is 13.8 Å². The van der Waals surface area contributed by atoms with E-state index in [1.165, 1.54) is 0 Å². The van der Waals surface area contributed by atoms with E-state index in [9.17, 15) is 13.2 Å². The van der Waals surface area contributed by atoms with Crippen molar-refractivity contribution in [3.8, 4) is 0 Å². The molecule has 1 aromatic heterocycles. The van der Waals surface area contributed by atoms with Crippen LogP contribution < -0.4 is 15.4 Å². The molecular formula is C25H37N5O5S. The lowest BCUT2D eigenvalue weighted by Crippen LogP contribution is -2.46. The minimum Gasteiger partial charge on any atom is -0.380 e. The highest BCUT2D eigenvalue weighted by Gasteiger charge is 2.25. The number of anilines is 1. The van der Waals surface area contributed by atoms with Crippen LogP contribution in [-0.2, 0) is 32.7 Å². The molecule has 0 saturated carbocycles. The average molecular weight is 520 g/mol. The van der Waals surface area contributed by atoms with E-state index in [0.717, 1.165) is 35.6 Å². The van der Waals surface area contributed by atoms with E-state index in [0.29, 0.717) is 44.8 Å². The summed E-state index contributed by atoms with van der Waals surface area (Å²) in [6.07, 6.45) is 1.40. The predicted molar refractivity (Wildman–Crippen MR) is 138 cm³/mol. The van der Waals surface area contributed by atoms with Gasteiger partial charge in [-0.2, -0.15) is 0 Å². The standard InChI is InChI=1S/C25H37N5O5S/c1-18-13-23(14-19(2)27-18)28-25(31)26-9-12-30-10-7-22(8-11-30)29-36(32,33)24-6-5-20(16-34-3)21(15-24)17-35-4/h5-6,13-15,22,29H,7-12,16-17H2,1-4H3,(H2,26,27,28,31). The third-order valence-electron chi connectivity index (χ3n) is 6.05. The Balaban J connectivity index is 1.44. The number of pyridine rings is 1. The van der Waals surface area contributed by atoms with E-state index in [4.69, 9.17) is 9.47 Å². The molecule has 1 aliphatic heterocycles. The second-order valence-corrected chi connectivity index (χ2v) is 10.8. The molecule has 0 spiro atoms. The van der Waals surface area contributed by atoms with Crippen LogP contribution in [-0.4, -0.2) is 70.8 Å². The molecule has 2 heterocycles. The predicted octanol–water partition coefficient (Wildman–Crippen LogP) is 2.56. The molecule has 2 amide bonds. The molecule has 36 heavy (non-hydrogen) atoms. The number of carbonyl (C=O) groups is 1. The number of aryl methyl sites for hydroxylation is 2. The number of urea groups is 1. The van der Waals surface area contributed by atoms with Crippen molar-refractivity contribution in [1.29, 1.82) is 0 Å². The van der Waals surface area contributed by atoms with Crippen molar-refractivity contribution in [1.82, 2.24) is 19.9 Å². The van der Waals surface area contributed by atoms with Gasteiger partial charge in [0.15, 0.2) is 0 Å². The number of likely N-dealkylation sites (tertiary alicyclic amines) is 1. The van der Waals surface area contributed by atoms with E-state index < -0.39 is 10.0 Å². The van der Waals surface area contributed by atoms with E-state index in [-0.39, 0.29) is 17.0 Å². The average Bonchev–Trinajstić information content (AvgIpc) is 2.80. The van der Waals surface area contributed by atoms with Crippen LogP contribution >= 0.6 is 0 Å². The highest BCUT2D eigenvalue weighted by Crippen LogP contribution is 2.20. The SMILES string of the molecule is COCc1ccc(S(=O)(=O)NC2CCN(CCNC(=O)Nc3cc(C)nc(C)c3)CC2)cc1COC. The van der Waals surface area contributed by atoms with Gasteiger partial charge in [0.25, 0.3) is 0 Å². The Kier molecular flexibility index (Phi) is 10.2. The first-order valence-corrected chi connectivity index (χ1v) is 13.5. The maximum absolute atomic E-state index is 13.0. The fourth-order valence-corrected chi connectivity index (χ4v) is 5.68. The lowest BCUT2D eigenvalue weighted by atomic mass is 10.1. The van der Waals surface area contributed by atoms with Crippen LogP contribution in [0.1, 0.15) is 35.4 Å². The van der Waals surface area contributed by atoms with E-state index in [1.807, 2.05) is 26.0 Å². The van der Waals surface area contributed by atoms with Gasteiger partial charge in [-0.1, -0.05) is 6.07 Å². The highest BCUT2D eigenvalue weighted by molar-refractivity contribution is 7.89. The lowest BCUT2D eigenvalue weighted by molar-refractivity contribution is 0.168. The van der Waals surface area contributed by atoms with Crippen molar-refractivity contribution in [3.05, 3.63) is 52.8 Å². The van der Waals surface area contributed by atoms with Crippen LogP contribution in [0.25, 0.3) is 0 Å². The van der Waals surface area contributed by atoms with Gasteiger partial charge in [0.05, 0.1) is 18.1 Å². The first kappa shape index (κ1) is 28.0. The Labute approximate surface area is 213 Å². The smallest absolute Gasteiger partial charge is 0.319 e. The van der Waals surface area contributed by atoms with Gasteiger partial charge >= 0.3 is 6.03 Å². The Hall–Kier alpha value is -2.57. The summed E-state index contributed by atoms with van der Waals surface area (Å²) in [5.41, 5.74) is 4.11. The van der Waals surface area contributed by atoms with Crippen molar-refractivity contribution in [2.45, 2.75) is 50.8 Å². The summed E-state index contributed by atoms with van der Waals surface area (Å²) in [7, 11) is -0.470. The Morgan fingerprint density at radius 1 is 1.03 bits per heavy atom. The molecule has 1 fully saturated rings. The summed E-state index contributed by atoms with van der Waals surface area (Å²) in [6.45, 7) is 7.18. The number of nitrogens with one attached hydrogen (secondary N) is 3. The molecular weight excluding hydrogens is 482 g/mol. The molecule has 2 aromatic rings. The number of hydrogen-bond acceptors (Lipinski definition) is 7. The molecule has 1 saturated heterocycles. The van der Waals surface area contributed by atoms with Crippen molar-refractivity contribution in [3.63, 3.8) is 0 Å². The molecule has 0 atom stereocenters. The van der Waals surface area contributed by atoms with Gasteiger partial charge in [-0.25, -0.2) is 17.9 Å². The molecule has 0 unspecified atom stereocenters. The molecule has 0 aliphatic carbocycles. The Bertz CT molecular complexity index is 1110. The molecule has 10 nitrogen and oxygen atoms in total. The van der Waals surface area contributed by atoms with Gasteiger partial charge in [0, 0.05) is 50.4 Å². The zero-order chi connectivity index (χ0) is 26.1. The second-order valence-electron chi connectivity index (χ2n) is 9.05. The number of amides is 2. The molecule has 0 radical (unpaired) electrons. The molecule has 198 valence electrons. The summed E-state index contributed by atoms with van der Waals surface area (Å²) in [4.78, 5) is 18.9. The largest absolute Gasteiger partial charge is 0.380 e. The molecule has 3 rings (SSSR count). The van der Waals surface area contributed by atoms with Gasteiger partial charge in [0.2, 0.25) is 10.0 Å². The molecule has 3 N–H and O–H groups in total. The lowest BCUT2D eigenvalue weighted by Gasteiger charge is -2.32. The fraction of sp³-hybridized carbons (Fsp3) is 0.520. The molecule has 1 aromatic carbocycles. The topological polar surface area (TPSA) is 122 Å². The van der Waals surface area contributed by atoms with Gasteiger partial charge in [-0.05, 0) is 75.2 Å². The quantitative estimate of drug-likeness (QED) is 0.417. The maximum Gasteiger partial charge on any atom is 0.319 e. The minimum absolute atomic E-state index is 0.134. The first-order chi connectivity index (χ1) is 17.2. The van der Waals surface area contributed by atoms with Crippen molar-refractivity contribution >= 4 is 21.7 Å². The van der Waals surface area contributed by atoms with Crippen LogP contribution in [0.5, 0.6) is 0 Å². The number of carbonyl (C=O) groups excluding carboxylic acids is 1. The zero-order valence-electron chi connectivity index (χ0n) is 21.5.